The molecular weight excluding hydrogens is 87.0 g/mol. The van der Waals surface area contributed by atoms with Crippen LogP contribution in [-0.4, -0.2) is 17.8 Å². The van der Waals surface area contributed by atoms with Crippen LogP contribution in [-0.2, 0) is 4.79 Å². The molecule has 0 atom stereocenters. The van der Waals surface area contributed by atoms with E-state index in [1.165, 1.54) is 0 Å². The number of alkyl halides is 1. The average molecular weight is 92.1 g/mol. The van der Waals surface area contributed by atoms with E-state index in [0.29, 0.717) is 0 Å². The zero-order chi connectivity index (χ0) is 4.99. The second kappa shape index (κ2) is 2.63. The van der Waals surface area contributed by atoms with Gasteiger partial charge in [-0.2, -0.15) is 0 Å². The lowest BCUT2D eigenvalue weighted by Gasteiger charge is -1.77. The summed E-state index contributed by atoms with van der Waals surface area (Å²) >= 11 is 0. The summed E-state index contributed by atoms with van der Waals surface area (Å²) in [6, 6.07) is 0. The van der Waals surface area contributed by atoms with E-state index in [1.807, 2.05) is 0 Å². The van der Waals surface area contributed by atoms with Crippen molar-refractivity contribution in [2.75, 3.05) is 6.67 Å². The average Bonchev–Trinajstić information content (AvgIpc) is 1.35. The monoisotopic (exact) mass is 92.0 g/mol. The molecular formula is C3H5FO2. The Morgan fingerprint density at radius 2 is 2.33 bits per heavy atom. The molecule has 0 fully saturated rings. The second-order valence-corrected chi connectivity index (χ2v) is 0.833. The number of carboxylic acids is 1. The van der Waals surface area contributed by atoms with E-state index in [2.05, 4.69) is 0 Å². The van der Waals surface area contributed by atoms with Crippen molar-refractivity contribution in [1.82, 2.24) is 0 Å². The molecule has 0 aliphatic rings. The molecule has 36 valence electrons. The van der Waals surface area contributed by atoms with E-state index < -0.39 is 12.6 Å². The first-order valence-electron chi connectivity index (χ1n) is 1.55. The highest BCUT2D eigenvalue weighted by molar-refractivity contribution is 5.66. The molecule has 0 saturated carbocycles. The molecule has 0 radical (unpaired) electrons. The van der Waals surface area contributed by atoms with Crippen LogP contribution in [0.3, 0.4) is 0 Å². The fraction of sp³-hybridized carbons (Fsp3) is 0.667. The first-order chi connectivity index (χ1) is 2.77. The van der Waals surface area contributed by atoms with E-state index in [-0.39, 0.29) is 6.42 Å². The van der Waals surface area contributed by atoms with E-state index in [0.717, 1.165) is 0 Å². The van der Waals surface area contributed by atoms with E-state index in [1.54, 1.807) is 0 Å². The maximum absolute atomic E-state index is 10.9. The highest BCUT2D eigenvalue weighted by atomic mass is 19.1. The Labute approximate surface area is 34.6 Å². The van der Waals surface area contributed by atoms with Gasteiger partial charge in [0, 0.05) is 0 Å². The maximum atomic E-state index is 10.9. The number of halogens is 1. The van der Waals surface area contributed by atoms with Gasteiger partial charge in [0.2, 0.25) is 0 Å². The third kappa shape index (κ3) is 3.40. The maximum Gasteiger partial charge on any atom is 0.305 e. The summed E-state index contributed by atoms with van der Waals surface area (Å²) in [6.45, 7) is -0.769. The molecule has 0 spiro atoms. The van der Waals surface area contributed by atoms with Crippen molar-refractivity contribution < 1.29 is 14.3 Å². The van der Waals surface area contributed by atoms with Gasteiger partial charge in [-0.15, -0.1) is 0 Å². The van der Waals surface area contributed by atoms with Crippen LogP contribution in [0.2, 0.25) is 0 Å². The van der Waals surface area contributed by atoms with Gasteiger partial charge < -0.3 is 5.11 Å². The fourth-order valence-corrected chi connectivity index (χ4v) is 0.0808. The van der Waals surface area contributed by atoms with Crippen LogP contribution in [0.5, 0.6) is 0 Å². The first-order valence-corrected chi connectivity index (χ1v) is 1.55. The van der Waals surface area contributed by atoms with Gasteiger partial charge in [0.25, 0.3) is 0 Å². The number of hydrogen-bond donors (Lipinski definition) is 1. The second-order valence-electron chi connectivity index (χ2n) is 0.833. The summed E-state index contributed by atoms with van der Waals surface area (Å²) in [7, 11) is 0. The summed E-state index contributed by atoms with van der Waals surface area (Å²) in [5.41, 5.74) is 0. The number of carboxylic acid groups (broad SMARTS) is 1. The van der Waals surface area contributed by atoms with Crippen LogP contribution >= 0.6 is 0 Å². The largest absolute Gasteiger partial charge is 0.481 e. The normalized spacial score (nSPS) is 8.17. The molecule has 6 heavy (non-hydrogen) atoms. The molecule has 0 heterocycles. The molecule has 0 aromatic carbocycles. The fourth-order valence-electron chi connectivity index (χ4n) is 0.0808. The van der Waals surface area contributed by atoms with E-state index in [9.17, 15) is 9.18 Å². The lowest BCUT2D eigenvalue weighted by atomic mass is 10.5. The quantitative estimate of drug-likeness (QED) is 0.536. The summed E-state index contributed by atoms with van der Waals surface area (Å²) in [5.74, 6) is -1.09. The van der Waals surface area contributed by atoms with Crippen molar-refractivity contribution in [1.29, 1.82) is 0 Å². The summed E-state index contributed by atoms with van der Waals surface area (Å²) in [5, 5.41) is 7.67. The number of carbonyl (C=O) groups is 1. The smallest absolute Gasteiger partial charge is 0.305 e. The summed E-state index contributed by atoms with van der Waals surface area (Å²) < 4.78 is 10.9. The topological polar surface area (TPSA) is 37.3 Å². The molecule has 3 heteroatoms. The van der Waals surface area contributed by atoms with Crippen LogP contribution < -0.4 is 0 Å². The van der Waals surface area contributed by atoms with Gasteiger partial charge in [-0.1, -0.05) is 0 Å². The predicted molar refractivity (Wildman–Crippen MR) is 18.2 cm³/mol. The van der Waals surface area contributed by atoms with Gasteiger partial charge >= 0.3 is 5.97 Å². The van der Waals surface area contributed by atoms with Gasteiger partial charge in [0.05, 0.1) is 13.1 Å². The third-order valence-electron chi connectivity index (χ3n) is 0.308. The van der Waals surface area contributed by atoms with Crippen LogP contribution in [0.15, 0.2) is 0 Å². The van der Waals surface area contributed by atoms with Crippen molar-refractivity contribution in [2.24, 2.45) is 0 Å². The molecule has 0 aliphatic carbocycles. The molecule has 0 aromatic rings. The zero-order valence-electron chi connectivity index (χ0n) is 3.15. The van der Waals surface area contributed by atoms with Crippen molar-refractivity contribution in [3.8, 4) is 0 Å². The molecule has 0 aliphatic heterocycles. The van der Waals surface area contributed by atoms with Gasteiger partial charge in [-0.05, 0) is 0 Å². The number of aliphatic carboxylic acids is 1. The van der Waals surface area contributed by atoms with Gasteiger partial charge in [-0.25, -0.2) is 0 Å². The predicted octanol–water partition coefficient (Wildman–Crippen LogP) is 0.431. The minimum absolute atomic E-state index is 0.375. The summed E-state index contributed by atoms with van der Waals surface area (Å²) in [6.07, 6.45) is -0.375. The molecule has 0 amide bonds. The number of rotatable bonds is 2. The highest BCUT2D eigenvalue weighted by Gasteiger charge is 1.90. The van der Waals surface area contributed by atoms with Crippen LogP contribution in [0, 0.1) is 0 Å². The SMILES string of the molecule is O=C(O)CCF. The van der Waals surface area contributed by atoms with Crippen molar-refractivity contribution in [3.05, 3.63) is 0 Å². The Balaban J connectivity index is 2.83. The summed E-state index contributed by atoms with van der Waals surface area (Å²) in [4.78, 5) is 9.36. The zero-order valence-corrected chi connectivity index (χ0v) is 3.15. The Hall–Kier alpha value is -0.600. The Bertz CT molecular complexity index is 52.8. The van der Waals surface area contributed by atoms with Crippen LogP contribution in [0.25, 0.3) is 0 Å². The Morgan fingerprint density at radius 1 is 1.83 bits per heavy atom. The lowest BCUT2D eigenvalue weighted by molar-refractivity contribution is -0.137. The van der Waals surface area contributed by atoms with E-state index in [4.69, 9.17) is 5.11 Å². The minimum Gasteiger partial charge on any atom is -0.481 e. The Morgan fingerprint density at radius 3 is 2.33 bits per heavy atom. The van der Waals surface area contributed by atoms with E-state index >= 15 is 0 Å². The number of hydrogen-bond acceptors (Lipinski definition) is 1. The molecule has 0 unspecified atom stereocenters. The van der Waals surface area contributed by atoms with Gasteiger partial charge in [0.15, 0.2) is 0 Å². The minimum atomic E-state index is -1.09. The van der Waals surface area contributed by atoms with Crippen molar-refractivity contribution in [2.45, 2.75) is 6.42 Å². The molecule has 0 rings (SSSR count). The molecule has 2 nitrogen and oxygen atoms in total. The van der Waals surface area contributed by atoms with Gasteiger partial charge in [0.1, 0.15) is 0 Å². The van der Waals surface area contributed by atoms with Crippen LogP contribution in [0.4, 0.5) is 4.39 Å². The van der Waals surface area contributed by atoms with Crippen molar-refractivity contribution >= 4 is 5.97 Å². The molecule has 0 aromatic heterocycles. The molecule has 1 N–H and O–H groups in total. The van der Waals surface area contributed by atoms with Crippen molar-refractivity contribution in [3.63, 3.8) is 0 Å². The lowest BCUT2D eigenvalue weighted by Crippen LogP contribution is -1.93. The molecule has 0 saturated heterocycles. The highest BCUT2D eigenvalue weighted by Crippen LogP contribution is 1.76. The molecule has 0 bridgehead atoms. The Kier molecular flexibility index (Phi) is 2.36. The standard InChI is InChI=1S/C3H5FO2/c4-2-1-3(5)6/h1-2H2,(H,5,6). The first kappa shape index (κ1) is 5.40. The third-order valence-corrected chi connectivity index (χ3v) is 0.308. The van der Waals surface area contributed by atoms with Gasteiger partial charge in [-0.3, -0.25) is 9.18 Å². The van der Waals surface area contributed by atoms with Crippen LogP contribution in [0.1, 0.15) is 6.42 Å².